The highest BCUT2D eigenvalue weighted by molar-refractivity contribution is 5.85. The molecule has 2 N–H and O–H groups in total. The van der Waals surface area contributed by atoms with Gasteiger partial charge in [-0.15, -0.1) is 12.4 Å². The summed E-state index contributed by atoms with van der Waals surface area (Å²) in [5.41, 5.74) is 5.61. The molecule has 16 heavy (non-hydrogen) atoms. The Morgan fingerprint density at radius 3 is 2.38 bits per heavy atom. The molecule has 2 fully saturated rings. The van der Waals surface area contributed by atoms with Crippen LogP contribution in [0.1, 0.15) is 32.1 Å². The van der Waals surface area contributed by atoms with Gasteiger partial charge in [0, 0.05) is 32.2 Å². The van der Waals surface area contributed by atoms with Crippen molar-refractivity contribution in [3.05, 3.63) is 0 Å². The second kappa shape index (κ2) is 7.49. The first-order chi connectivity index (χ1) is 7.40. The van der Waals surface area contributed by atoms with Crippen molar-refractivity contribution in [2.75, 3.05) is 39.3 Å². The summed E-state index contributed by atoms with van der Waals surface area (Å²) in [6.07, 6.45) is 7.12. The molecule has 2 rings (SSSR count). The minimum absolute atomic E-state index is 0. The van der Waals surface area contributed by atoms with E-state index in [0.717, 1.165) is 19.1 Å². The van der Waals surface area contributed by atoms with Gasteiger partial charge >= 0.3 is 0 Å². The van der Waals surface area contributed by atoms with Crippen molar-refractivity contribution >= 4 is 12.4 Å². The van der Waals surface area contributed by atoms with Crippen molar-refractivity contribution < 1.29 is 0 Å². The van der Waals surface area contributed by atoms with Gasteiger partial charge in [-0.1, -0.05) is 12.8 Å². The first-order valence-corrected chi connectivity index (χ1v) is 6.56. The molecule has 4 heteroatoms. The van der Waals surface area contributed by atoms with Crippen molar-refractivity contribution in [2.24, 2.45) is 5.73 Å². The second-order valence-corrected chi connectivity index (χ2v) is 4.96. The van der Waals surface area contributed by atoms with Crippen LogP contribution in [0.3, 0.4) is 0 Å². The van der Waals surface area contributed by atoms with Crippen molar-refractivity contribution in [1.29, 1.82) is 0 Å². The van der Waals surface area contributed by atoms with E-state index in [4.69, 9.17) is 5.73 Å². The van der Waals surface area contributed by atoms with Crippen molar-refractivity contribution in [1.82, 2.24) is 9.80 Å². The van der Waals surface area contributed by atoms with Crippen LogP contribution in [0.15, 0.2) is 0 Å². The number of halogens is 1. The average molecular weight is 248 g/mol. The lowest BCUT2D eigenvalue weighted by atomic mass is 10.2. The fourth-order valence-corrected chi connectivity index (χ4v) is 3.03. The summed E-state index contributed by atoms with van der Waals surface area (Å²) in [5.74, 6) is 0. The maximum atomic E-state index is 5.61. The third kappa shape index (κ3) is 3.88. The molecule has 1 heterocycles. The Kier molecular flexibility index (Phi) is 6.66. The number of nitrogens with zero attached hydrogens (tertiary/aromatic N) is 2. The zero-order valence-corrected chi connectivity index (χ0v) is 11.1. The minimum Gasteiger partial charge on any atom is -0.329 e. The predicted molar refractivity (Wildman–Crippen MR) is 71.2 cm³/mol. The van der Waals surface area contributed by atoms with Gasteiger partial charge in [-0.3, -0.25) is 4.90 Å². The molecule has 0 aromatic rings. The molecule has 96 valence electrons. The maximum Gasteiger partial charge on any atom is 0.0112 e. The lowest BCUT2D eigenvalue weighted by molar-refractivity contribution is 0.200. The largest absolute Gasteiger partial charge is 0.329 e. The van der Waals surface area contributed by atoms with Gasteiger partial charge in [0.15, 0.2) is 0 Å². The topological polar surface area (TPSA) is 32.5 Å². The summed E-state index contributed by atoms with van der Waals surface area (Å²) >= 11 is 0. The molecule has 0 aromatic heterocycles. The van der Waals surface area contributed by atoms with Crippen molar-refractivity contribution in [3.8, 4) is 0 Å². The van der Waals surface area contributed by atoms with E-state index >= 15 is 0 Å². The van der Waals surface area contributed by atoms with Gasteiger partial charge in [-0.2, -0.15) is 0 Å². The van der Waals surface area contributed by atoms with Crippen molar-refractivity contribution in [2.45, 2.75) is 38.1 Å². The van der Waals surface area contributed by atoms with E-state index in [-0.39, 0.29) is 12.4 Å². The maximum absolute atomic E-state index is 5.61. The number of hydrogen-bond donors (Lipinski definition) is 1. The molecular weight excluding hydrogens is 222 g/mol. The van der Waals surface area contributed by atoms with Gasteiger partial charge in [0.1, 0.15) is 0 Å². The van der Waals surface area contributed by atoms with E-state index < -0.39 is 0 Å². The Bertz CT molecular complexity index is 183. The Morgan fingerprint density at radius 1 is 0.938 bits per heavy atom. The summed E-state index contributed by atoms with van der Waals surface area (Å²) in [6, 6.07) is 0.905. The van der Waals surface area contributed by atoms with Gasteiger partial charge < -0.3 is 10.6 Å². The predicted octanol–water partition coefficient (Wildman–Crippen LogP) is 1.32. The molecule has 0 atom stereocenters. The van der Waals surface area contributed by atoms with Gasteiger partial charge in [-0.25, -0.2) is 0 Å². The van der Waals surface area contributed by atoms with E-state index in [1.54, 1.807) is 0 Å². The summed E-state index contributed by atoms with van der Waals surface area (Å²) in [4.78, 5) is 5.25. The molecule has 0 spiro atoms. The standard InChI is InChI=1S/C12H25N3.ClH/c13-6-9-14-7-3-8-15(11-10-14)12-4-1-2-5-12;/h12H,1-11,13H2;1H. The first-order valence-electron chi connectivity index (χ1n) is 6.56. The molecule has 1 aliphatic heterocycles. The van der Waals surface area contributed by atoms with Crippen LogP contribution in [0.25, 0.3) is 0 Å². The molecule has 0 bridgehead atoms. The van der Waals surface area contributed by atoms with Crippen LogP contribution in [0, 0.1) is 0 Å². The van der Waals surface area contributed by atoms with Crippen LogP contribution in [-0.2, 0) is 0 Å². The normalized spacial score (nSPS) is 25.3. The van der Waals surface area contributed by atoms with E-state index in [0.29, 0.717) is 0 Å². The third-order valence-corrected chi connectivity index (χ3v) is 3.91. The fraction of sp³-hybridized carbons (Fsp3) is 1.00. The first kappa shape index (κ1) is 14.2. The van der Waals surface area contributed by atoms with E-state index in [2.05, 4.69) is 9.80 Å². The molecular formula is C12H26ClN3. The zero-order valence-electron chi connectivity index (χ0n) is 10.2. The van der Waals surface area contributed by atoms with E-state index in [9.17, 15) is 0 Å². The minimum atomic E-state index is 0. The Morgan fingerprint density at radius 2 is 1.69 bits per heavy atom. The van der Waals surface area contributed by atoms with Crippen LogP contribution in [0.4, 0.5) is 0 Å². The molecule has 1 saturated heterocycles. The molecule has 0 unspecified atom stereocenters. The second-order valence-electron chi connectivity index (χ2n) is 4.96. The summed E-state index contributed by atoms with van der Waals surface area (Å²) in [7, 11) is 0. The number of nitrogens with two attached hydrogens (primary N) is 1. The van der Waals surface area contributed by atoms with Gasteiger partial charge in [-0.05, 0) is 32.4 Å². The molecule has 3 nitrogen and oxygen atoms in total. The molecule has 0 radical (unpaired) electrons. The summed E-state index contributed by atoms with van der Waals surface area (Å²) in [6.45, 7) is 6.95. The Hall–Kier alpha value is 0.170. The molecule has 0 amide bonds. The third-order valence-electron chi connectivity index (χ3n) is 3.91. The summed E-state index contributed by atoms with van der Waals surface area (Å²) in [5, 5.41) is 0. The van der Waals surface area contributed by atoms with Gasteiger partial charge in [0.25, 0.3) is 0 Å². The monoisotopic (exact) mass is 247 g/mol. The number of rotatable bonds is 3. The van der Waals surface area contributed by atoms with Crippen LogP contribution in [0.2, 0.25) is 0 Å². The van der Waals surface area contributed by atoms with Gasteiger partial charge in [0.2, 0.25) is 0 Å². The zero-order chi connectivity index (χ0) is 10.5. The van der Waals surface area contributed by atoms with Crippen LogP contribution < -0.4 is 5.73 Å². The quantitative estimate of drug-likeness (QED) is 0.817. The summed E-state index contributed by atoms with van der Waals surface area (Å²) < 4.78 is 0. The van der Waals surface area contributed by atoms with Crippen molar-refractivity contribution in [3.63, 3.8) is 0 Å². The molecule has 0 aromatic carbocycles. The van der Waals surface area contributed by atoms with Gasteiger partial charge in [0.05, 0.1) is 0 Å². The molecule has 1 aliphatic carbocycles. The lowest BCUT2D eigenvalue weighted by Crippen LogP contribution is -2.37. The van der Waals surface area contributed by atoms with Crippen LogP contribution in [-0.4, -0.2) is 55.1 Å². The number of hydrogen-bond acceptors (Lipinski definition) is 3. The Labute approximate surface area is 106 Å². The highest BCUT2D eigenvalue weighted by Gasteiger charge is 2.24. The highest BCUT2D eigenvalue weighted by Crippen LogP contribution is 2.24. The molecule has 1 saturated carbocycles. The van der Waals surface area contributed by atoms with E-state index in [1.165, 1.54) is 58.3 Å². The smallest absolute Gasteiger partial charge is 0.0112 e. The van der Waals surface area contributed by atoms with Crippen LogP contribution >= 0.6 is 12.4 Å². The van der Waals surface area contributed by atoms with Crippen LogP contribution in [0.5, 0.6) is 0 Å². The SMILES string of the molecule is Cl.NCCN1CCCN(C2CCCC2)CC1. The lowest BCUT2D eigenvalue weighted by Gasteiger charge is -2.27. The Balaban J connectivity index is 0.00000128. The fourth-order valence-electron chi connectivity index (χ4n) is 3.03. The van der Waals surface area contributed by atoms with E-state index in [1.807, 2.05) is 0 Å². The average Bonchev–Trinajstić information content (AvgIpc) is 2.67. The molecule has 2 aliphatic rings. The highest BCUT2D eigenvalue weighted by atomic mass is 35.5.